The van der Waals surface area contributed by atoms with E-state index in [1.807, 2.05) is 0 Å². The molecule has 0 radical (unpaired) electrons. The summed E-state index contributed by atoms with van der Waals surface area (Å²) in [5.74, 6) is -3.97. The van der Waals surface area contributed by atoms with E-state index in [9.17, 15) is 22.7 Å². The Labute approximate surface area is 178 Å². The number of thiazole rings is 1. The van der Waals surface area contributed by atoms with E-state index in [1.54, 1.807) is 12.3 Å². The zero-order chi connectivity index (χ0) is 22.2. The molecule has 4 rings (SSSR count). The molecule has 0 amide bonds. The van der Waals surface area contributed by atoms with Gasteiger partial charge in [0.1, 0.15) is 41.5 Å². The molecular formula is C21H16F4N4OS. The number of benzene rings is 2. The highest BCUT2D eigenvalue weighted by molar-refractivity contribution is 7.10. The van der Waals surface area contributed by atoms with Crippen LogP contribution in [0, 0.1) is 23.3 Å². The van der Waals surface area contributed by atoms with E-state index >= 15 is 0 Å². The van der Waals surface area contributed by atoms with Gasteiger partial charge in [-0.25, -0.2) is 32.2 Å². The number of rotatable bonds is 6. The third-order valence-corrected chi connectivity index (χ3v) is 6.11. The highest BCUT2D eigenvalue weighted by Gasteiger charge is 2.41. The largest absolute Gasteiger partial charge is 0.382 e. The van der Waals surface area contributed by atoms with E-state index < -0.39 is 34.8 Å². The van der Waals surface area contributed by atoms with Crippen LogP contribution in [0.15, 0.2) is 54.4 Å². The molecule has 0 unspecified atom stereocenters. The maximum Gasteiger partial charge on any atom is 0.137 e. The van der Waals surface area contributed by atoms with Crippen LogP contribution in [0.5, 0.6) is 0 Å². The lowest BCUT2D eigenvalue weighted by Gasteiger charge is -2.33. The number of nitrogens with zero attached hydrogens (tertiary/aromatic N) is 4. The van der Waals surface area contributed by atoms with Crippen molar-refractivity contribution in [2.75, 3.05) is 0 Å². The Bertz CT molecular complexity index is 1210. The SMILES string of the molecule is C[C@@H](c1nc(-c2ccc(F)cc2F)cs1)[C@](O)(Cn1cncn1)c1ccc(F)cc1F. The lowest BCUT2D eigenvalue weighted by molar-refractivity contribution is -0.0112. The first-order valence-electron chi connectivity index (χ1n) is 9.19. The van der Waals surface area contributed by atoms with Gasteiger partial charge in [-0.3, -0.25) is 0 Å². The summed E-state index contributed by atoms with van der Waals surface area (Å²) in [6.07, 6.45) is 2.63. The van der Waals surface area contributed by atoms with Crippen molar-refractivity contribution in [2.45, 2.75) is 25.0 Å². The molecule has 2 aromatic carbocycles. The molecule has 31 heavy (non-hydrogen) atoms. The second-order valence-electron chi connectivity index (χ2n) is 7.06. The zero-order valence-electron chi connectivity index (χ0n) is 16.1. The van der Waals surface area contributed by atoms with Crippen molar-refractivity contribution in [1.29, 1.82) is 0 Å². The van der Waals surface area contributed by atoms with Gasteiger partial charge in [0.15, 0.2) is 0 Å². The van der Waals surface area contributed by atoms with Crippen LogP contribution in [0.4, 0.5) is 17.6 Å². The maximum atomic E-state index is 14.7. The van der Waals surface area contributed by atoms with Crippen molar-refractivity contribution < 1.29 is 22.7 Å². The summed E-state index contributed by atoms with van der Waals surface area (Å²) in [7, 11) is 0. The first-order chi connectivity index (χ1) is 14.8. The average Bonchev–Trinajstić information content (AvgIpc) is 3.39. The first-order valence-corrected chi connectivity index (χ1v) is 10.1. The third-order valence-electron chi connectivity index (χ3n) is 5.08. The van der Waals surface area contributed by atoms with Crippen LogP contribution in [0.25, 0.3) is 11.3 Å². The van der Waals surface area contributed by atoms with E-state index in [4.69, 9.17) is 0 Å². The second kappa shape index (κ2) is 8.20. The fourth-order valence-electron chi connectivity index (χ4n) is 3.37. The molecule has 0 saturated heterocycles. The monoisotopic (exact) mass is 448 g/mol. The summed E-state index contributed by atoms with van der Waals surface area (Å²) in [5, 5.41) is 17.5. The number of hydrogen-bond donors (Lipinski definition) is 1. The van der Waals surface area contributed by atoms with E-state index in [0.717, 1.165) is 29.5 Å². The third kappa shape index (κ3) is 4.08. The van der Waals surface area contributed by atoms with Crippen LogP contribution in [-0.2, 0) is 12.1 Å². The van der Waals surface area contributed by atoms with E-state index in [-0.39, 0.29) is 23.4 Å². The normalized spacial score (nSPS) is 14.4. The number of hydrogen-bond acceptors (Lipinski definition) is 5. The fourth-order valence-corrected chi connectivity index (χ4v) is 4.33. The first kappa shape index (κ1) is 21.1. The van der Waals surface area contributed by atoms with E-state index in [0.29, 0.717) is 11.1 Å². The van der Waals surface area contributed by atoms with E-state index in [2.05, 4.69) is 15.1 Å². The standard InChI is InChI=1S/C21H16F4N4OS/c1-12(20-28-19(8-31-20)15-4-2-13(22)6-17(15)24)21(30,9-29-11-26-10-27-29)16-5-3-14(23)7-18(16)25/h2-8,10-12,30H,9H2,1H3/t12-,21+/m0/s1. The summed E-state index contributed by atoms with van der Waals surface area (Å²) in [6.45, 7) is 1.44. The van der Waals surface area contributed by atoms with Gasteiger partial charge in [0.25, 0.3) is 0 Å². The predicted octanol–water partition coefficient (Wildman–Crippen LogP) is 4.65. The lowest BCUT2D eigenvalue weighted by atomic mass is 9.82. The minimum atomic E-state index is -1.87. The molecule has 2 atom stereocenters. The predicted molar refractivity (Wildman–Crippen MR) is 106 cm³/mol. The number of aromatic nitrogens is 4. The van der Waals surface area contributed by atoms with E-state index in [1.165, 1.54) is 29.5 Å². The van der Waals surface area contributed by atoms with Gasteiger partial charge in [0.05, 0.1) is 17.2 Å². The Morgan fingerprint density at radius 1 is 1.06 bits per heavy atom. The average molecular weight is 448 g/mol. The summed E-state index contributed by atoms with van der Waals surface area (Å²) in [6, 6.07) is 6.07. The van der Waals surface area contributed by atoms with Gasteiger partial charge >= 0.3 is 0 Å². The molecule has 5 nitrogen and oxygen atoms in total. The van der Waals surface area contributed by atoms with Gasteiger partial charge in [0, 0.05) is 34.6 Å². The van der Waals surface area contributed by atoms with Crippen molar-refractivity contribution >= 4 is 11.3 Å². The van der Waals surface area contributed by atoms with Crippen LogP contribution in [0.3, 0.4) is 0 Å². The lowest BCUT2D eigenvalue weighted by Crippen LogP contribution is -2.38. The van der Waals surface area contributed by atoms with Crippen LogP contribution >= 0.6 is 11.3 Å². The van der Waals surface area contributed by atoms with Crippen molar-refractivity contribution in [3.63, 3.8) is 0 Å². The molecule has 0 fully saturated rings. The molecule has 0 aliphatic rings. The van der Waals surface area contributed by atoms with Crippen molar-refractivity contribution in [3.05, 3.63) is 88.3 Å². The van der Waals surface area contributed by atoms with Crippen molar-refractivity contribution in [3.8, 4) is 11.3 Å². The number of aliphatic hydroxyl groups is 1. The van der Waals surface area contributed by atoms with Crippen LogP contribution in [-0.4, -0.2) is 24.9 Å². The quantitative estimate of drug-likeness (QED) is 0.436. The summed E-state index contributed by atoms with van der Waals surface area (Å²) in [5.41, 5.74) is -1.65. The van der Waals surface area contributed by atoms with Gasteiger partial charge < -0.3 is 5.11 Å². The number of halogens is 4. The Morgan fingerprint density at radius 3 is 2.42 bits per heavy atom. The van der Waals surface area contributed by atoms with Gasteiger partial charge in [-0.05, 0) is 18.2 Å². The Kier molecular flexibility index (Phi) is 5.59. The van der Waals surface area contributed by atoms with Crippen LogP contribution in [0.1, 0.15) is 23.4 Å². The Balaban J connectivity index is 1.76. The molecule has 1 N–H and O–H groups in total. The smallest absolute Gasteiger partial charge is 0.137 e. The molecule has 4 aromatic rings. The zero-order valence-corrected chi connectivity index (χ0v) is 17.0. The fraction of sp³-hybridized carbons (Fsp3) is 0.190. The minimum absolute atomic E-state index is 0.101. The topological polar surface area (TPSA) is 63.8 Å². The Morgan fingerprint density at radius 2 is 1.77 bits per heavy atom. The highest BCUT2D eigenvalue weighted by atomic mass is 32.1. The van der Waals surface area contributed by atoms with Gasteiger partial charge in [-0.2, -0.15) is 5.10 Å². The molecule has 10 heteroatoms. The molecule has 2 heterocycles. The molecule has 0 spiro atoms. The molecule has 0 aliphatic heterocycles. The molecule has 160 valence electrons. The summed E-state index contributed by atoms with van der Waals surface area (Å²) in [4.78, 5) is 8.22. The summed E-state index contributed by atoms with van der Waals surface area (Å²) >= 11 is 1.14. The van der Waals surface area contributed by atoms with Gasteiger partial charge in [0.2, 0.25) is 0 Å². The summed E-state index contributed by atoms with van der Waals surface area (Å²) < 4.78 is 56.8. The van der Waals surface area contributed by atoms with Crippen LogP contribution < -0.4 is 0 Å². The van der Waals surface area contributed by atoms with Crippen molar-refractivity contribution in [1.82, 2.24) is 19.7 Å². The van der Waals surface area contributed by atoms with Crippen LogP contribution in [0.2, 0.25) is 0 Å². The maximum absolute atomic E-state index is 14.7. The molecule has 0 bridgehead atoms. The molecule has 0 saturated carbocycles. The minimum Gasteiger partial charge on any atom is -0.382 e. The second-order valence-corrected chi connectivity index (χ2v) is 7.95. The highest BCUT2D eigenvalue weighted by Crippen LogP contribution is 2.41. The molecule has 0 aliphatic carbocycles. The van der Waals surface area contributed by atoms with Crippen molar-refractivity contribution in [2.24, 2.45) is 0 Å². The van der Waals surface area contributed by atoms with Gasteiger partial charge in [-0.15, -0.1) is 11.3 Å². The van der Waals surface area contributed by atoms with Gasteiger partial charge in [-0.1, -0.05) is 13.0 Å². The molecular weight excluding hydrogens is 432 g/mol. The molecule has 2 aromatic heterocycles. The Hall–Kier alpha value is -3.11.